The van der Waals surface area contributed by atoms with Crippen LogP contribution < -0.4 is 9.80 Å². The summed E-state index contributed by atoms with van der Waals surface area (Å²) in [5.74, 6) is 0. The van der Waals surface area contributed by atoms with Gasteiger partial charge in [-0.25, -0.2) is 0 Å². The standard InChI is InChI=1S/C48H42N2/c1-33-14-23-39(24-15-33)49(40-25-16-34(2)17-26-40)47-43-12-8-9-13-44(43)48(46-32-38(22-31-45(46)47)37-10-6-5-7-11-37)50(41-27-18-35(3)19-28-41)42-29-20-36(4)21-30-42/h5-25,27-32,40H,26H2,1-4H3. The summed E-state index contributed by atoms with van der Waals surface area (Å²) in [4.78, 5) is 5.04. The summed E-state index contributed by atoms with van der Waals surface area (Å²) in [6, 6.07) is 53.9. The average Bonchev–Trinajstić information content (AvgIpc) is 3.15. The van der Waals surface area contributed by atoms with Gasteiger partial charge >= 0.3 is 0 Å². The van der Waals surface area contributed by atoms with E-state index >= 15 is 0 Å². The number of hydrogen-bond acceptors (Lipinski definition) is 2. The molecule has 0 fully saturated rings. The Morgan fingerprint density at radius 3 is 1.54 bits per heavy atom. The summed E-state index contributed by atoms with van der Waals surface area (Å²) >= 11 is 0. The highest BCUT2D eigenvalue weighted by Gasteiger charge is 2.28. The molecule has 0 aromatic heterocycles. The van der Waals surface area contributed by atoms with Gasteiger partial charge in [0.15, 0.2) is 0 Å². The third-order valence-electron chi connectivity index (χ3n) is 10.0. The number of aryl methyl sites for hydroxylation is 3. The first-order chi connectivity index (χ1) is 24.4. The van der Waals surface area contributed by atoms with E-state index in [-0.39, 0.29) is 6.04 Å². The molecule has 0 radical (unpaired) electrons. The van der Waals surface area contributed by atoms with Crippen LogP contribution in [0, 0.1) is 20.8 Å². The highest BCUT2D eigenvalue weighted by Crippen LogP contribution is 2.51. The van der Waals surface area contributed by atoms with Crippen molar-refractivity contribution in [2.75, 3.05) is 9.80 Å². The lowest BCUT2D eigenvalue weighted by molar-refractivity contribution is 0.783. The first-order valence-electron chi connectivity index (χ1n) is 17.6. The molecule has 0 N–H and O–H groups in total. The summed E-state index contributed by atoms with van der Waals surface area (Å²) in [6.45, 7) is 8.66. The maximum atomic E-state index is 2.58. The molecule has 0 aliphatic heterocycles. The average molecular weight is 647 g/mol. The van der Waals surface area contributed by atoms with Crippen LogP contribution in [0.25, 0.3) is 32.7 Å². The summed E-state index contributed by atoms with van der Waals surface area (Å²) in [5.41, 5.74) is 13.3. The van der Waals surface area contributed by atoms with Crippen LogP contribution in [0.5, 0.6) is 0 Å². The molecule has 1 aliphatic rings. The van der Waals surface area contributed by atoms with Crippen LogP contribution in [0.4, 0.5) is 28.4 Å². The van der Waals surface area contributed by atoms with Gasteiger partial charge in [0.25, 0.3) is 0 Å². The Hall–Kier alpha value is -5.86. The number of hydrogen-bond donors (Lipinski definition) is 0. The molecule has 244 valence electrons. The Kier molecular flexibility index (Phi) is 8.30. The van der Waals surface area contributed by atoms with Crippen molar-refractivity contribution in [1.29, 1.82) is 0 Å². The van der Waals surface area contributed by atoms with Gasteiger partial charge in [-0.3, -0.25) is 0 Å². The Bertz CT molecular complexity index is 2320. The predicted octanol–water partition coefficient (Wildman–Crippen LogP) is 13.5. The lowest BCUT2D eigenvalue weighted by Crippen LogP contribution is -2.30. The SMILES string of the molecule is CC1=CCC(N(c2ccc(C)cc2)c2c3ccccc3c(N(c3ccc(C)cc3)c3ccc(C)cc3)c3cc(-c4ccccc4)ccc23)C=C1. The zero-order valence-corrected chi connectivity index (χ0v) is 29.3. The fourth-order valence-corrected chi connectivity index (χ4v) is 7.34. The van der Waals surface area contributed by atoms with Crippen molar-refractivity contribution in [2.45, 2.75) is 40.2 Å². The molecule has 1 aliphatic carbocycles. The molecule has 8 rings (SSSR count). The fourth-order valence-electron chi connectivity index (χ4n) is 7.34. The van der Waals surface area contributed by atoms with Gasteiger partial charge < -0.3 is 9.80 Å². The van der Waals surface area contributed by atoms with Crippen LogP contribution in [0.3, 0.4) is 0 Å². The van der Waals surface area contributed by atoms with Crippen molar-refractivity contribution in [2.24, 2.45) is 0 Å². The second kappa shape index (κ2) is 13.2. The van der Waals surface area contributed by atoms with Crippen LogP contribution in [0.2, 0.25) is 0 Å². The second-order valence-corrected chi connectivity index (χ2v) is 13.7. The van der Waals surface area contributed by atoms with E-state index in [1.165, 1.54) is 72.0 Å². The van der Waals surface area contributed by atoms with Gasteiger partial charge in [0.1, 0.15) is 0 Å². The Morgan fingerprint density at radius 2 is 0.980 bits per heavy atom. The smallest absolute Gasteiger partial charge is 0.0620 e. The molecule has 0 heterocycles. The van der Waals surface area contributed by atoms with E-state index in [2.05, 4.69) is 201 Å². The minimum atomic E-state index is 0.165. The van der Waals surface area contributed by atoms with Crippen molar-refractivity contribution in [1.82, 2.24) is 0 Å². The molecular weight excluding hydrogens is 605 g/mol. The number of rotatable bonds is 7. The van der Waals surface area contributed by atoms with Crippen molar-refractivity contribution in [3.05, 3.63) is 186 Å². The van der Waals surface area contributed by atoms with E-state index in [0.717, 1.165) is 17.8 Å². The molecule has 50 heavy (non-hydrogen) atoms. The molecule has 1 atom stereocenters. The number of allylic oxidation sites excluding steroid dienone is 2. The van der Waals surface area contributed by atoms with Crippen molar-refractivity contribution >= 4 is 50.0 Å². The van der Waals surface area contributed by atoms with Gasteiger partial charge in [-0.05, 0) is 87.7 Å². The maximum Gasteiger partial charge on any atom is 0.0620 e. The molecule has 0 spiro atoms. The highest BCUT2D eigenvalue weighted by molar-refractivity contribution is 6.23. The van der Waals surface area contributed by atoms with Gasteiger partial charge in [-0.15, -0.1) is 0 Å². The fraction of sp³-hybridized carbons (Fsp3) is 0.125. The quantitative estimate of drug-likeness (QED) is 0.126. The number of fused-ring (bicyclic) bond motifs is 2. The summed E-state index contributed by atoms with van der Waals surface area (Å²) in [6.07, 6.45) is 7.97. The topological polar surface area (TPSA) is 6.48 Å². The van der Waals surface area contributed by atoms with Crippen LogP contribution in [-0.4, -0.2) is 6.04 Å². The third-order valence-corrected chi connectivity index (χ3v) is 10.0. The van der Waals surface area contributed by atoms with Gasteiger partial charge in [0.2, 0.25) is 0 Å². The van der Waals surface area contributed by atoms with E-state index in [4.69, 9.17) is 0 Å². The molecule has 0 bridgehead atoms. The zero-order valence-electron chi connectivity index (χ0n) is 29.3. The minimum Gasteiger partial charge on any atom is -0.333 e. The largest absolute Gasteiger partial charge is 0.333 e. The molecule has 1 unspecified atom stereocenters. The molecule has 0 saturated carbocycles. The first-order valence-corrected chi connectivity index (χ1v) is 17.6. The second-order valence-electron chi connectivity index (χ2n) is 13.7. The van der Waals surface area contributed by atoms with Gasteiger partial charge in [0.05, 0.1) is 17.4 Å². The molecule has 0 saturated heterocycles. The number of benzene rings is 7. The van der Waals surface area contributed by atoms with Crippen molar-refractivity contribution in [3.63, 3.8) is 0 Å². The zero-order chi connectivity index (χ0) is 34.2. The lowest BCUT2D eigenvalue weighted by Gasteiger charge is -2.37. The normalized spacial score (nSPS) is 14.2. The predicted molar refractivity (Wildman–Crippen MR) is 216 cm³/mol. The van der Waals surface area contributed by atoms with Gasteiger partial charge in [-0.1, -0.05) is 144 Å². The van der Waals surface area contributed by atoms with E-state index < -0.39 is 0 Å². The monoisotopic (exact) mass is 646 g/mol. The number of anilines is 5. The van der Waals surface area contributed by atoms with E-state index in [0.29, 0.717) is 0 Å². The number of nitrogens with zero attached hydrogens (tertiary/aromatic N) is 2. The van der Waals surface area contributed by atoms with Crippen molar-refractivity contribution < 1.29 is 0 Å². The molecule has 7 aromatic carbocycles. The Labute approximate surface area is 296 Å². The first kappa shape index (κ1) is 31.4. The van der Waals surface area contributed by atoms with Gasteiger partial charge in [0, 0.05) is 38.6 Å². The molecule has 2 nitrogen and oxygen atoms in total. The van der Waals surface area contributed by atoms with Crippen LogP contribution >= 0.6 is 0 Å². The highest BCUT2D eigenvalue weighted by atomic mass is 15.2. The van der Waals surface area contributed by atoms with Gasteiger partial charge in [-0.2, -0.15) is 0 Å². The summed E-state index contributed by atoms with van der Waals surface area (Å²) in [7, 11) is 0. The van der Waals surface area contributed by atoms with Crippen LogP contribution in [0.1, 0.15) is 30.0 Å². The molecule has 2 heteroatoms. The molecule has 0 amide bonds. The van der Waals surface area contributed by atoms with E-state index in [1.807, 2.05) is 0 Å². The molecular formula is C48H42N2. The molecule has 7 aromatic rings. The van der Waals surface area contributed by atoms with E-state index in [9.17, 15) is 0 Å². The van der Waals surface area contributed by atoms with Crippen molar-refractivity contribution in [3.8, 4) is 11.1 Å². The van der Waals surface area contributed by atoms with Crippen LogP contribution in [-0.2, 0) is 0 Å². The third kappa shape index (κ3) is 5.88. The Morgan fingerprint density at radius 1 is 0.460 bits per heavy atom. The summed E-state index contributed by atoms with van der Waals surface area (Å²) in [5, 5.41) is 4.88. The Balaban J connectivity index is 1.51. The maximum absolute atomic E-state index is 2.58. The summed E-state index contributed by atoms with van der Waals surface area (Å²) < 4.78 is 0. The minimum absolute atomic E-state index is 0.165. The van der Waals surface area contributed by atoms with E-state index in [1.54, 1.807) is 0 Å². The lowest BCUT2D eigenvalue weighted by atomic mass is 9.91. The van der Waals surface area contributed by atoms with Crippen LogP contribution in [0.15, 0.2) is 169 Å².